The molecule has 5 rings (SSSR count). The Balaban J connectivity index is 1.38. The molecule has 1 atom stereocenters. The van der Waals surface area contributed by atoms with E-state index in [1.54, 1.807) is 36.5 Å². The molecule has 1 aromatic heterocycles. The number of amides is 2. The molecule has 2 amide bonds. The number of anilines is 4. The number of urea groups is 1. The van der Waals surface area contributed by atoms with Crippen LogP contribution in [0.3, 0.4) is 0 Å². The third-order valence-electron chi connectivity index (χ3n) is 7.32. The lowest BCUT2D eigenvalue weighted by Crippen LogP contribution is -2.22. The van der Waals surface area contributed by atoms with Gasteiger partial charge in [0.25, 0.3) is 0 Å². The molecule has 0 aliphatic carbocycles. The number of sulfonamides is 1. The fourth-order valence-electron chi connectivity index (χ4n) is 5.00. The largest absolute Gasteiger partial charge is 0.492 e. The van der Waals surface area contributed by atoms with E-state index in [0.717, 1.165) is 28.2 Å². The highest BCUT2D eigenvalue weighted by Gasteiger charge is 2.22. The molecule has 0 aliphatic rings. The lowest BCUT2D eigenvalue weighted by molar-refractivity contribution is 0.262. The molecule has 0 fully saturated rings. The summed E-state index contributed by atoms with van der Waals surface area (Å²) < 4.78 is 38.4. The Morgan fingerprint density at radius 2 is 1.51 bits per heavy atom. The summed E-state index contributed by atoms with van der Waals surface area (Å²) in [7, 11) is -2.21. The molecule has 47 heavy (non-hydrogen) atoms. The number of fused-ring (bicyclic) bond motifs is 1. The summed E-state index contributed by atoms with van der Waals surface area (Å²) in [5.74, 6) is 1.52. The maximum atomic E-state index is 13.4. The van der Waals surface area contributed by atoms with E-state index in [1.165, 1.54) is 7.11 Å². The van der Waals surface area contributed by atoms with Gasteiger partial charge in [0.15, 0.2) is 5.75 Å². The third kappa shape index (κ3) is 8.27. The zero-order valence-electron chi connectivity index (χ0n) is 27.1. The Labute approximate surface area is 274 Å². The molecule has 0 bridgehead atoms. The summed E-state index contributed by atoms with van der Waals surface area (Å²) in [6.07, 6.45) is 2.69. The summed E-state index contributed by atoms with van der Waals surface area (Å²) >= 11 is 0. The van der Waals surface area contributed by atoms with E-state index in [-0.39, 0.29) is 22.9 Å². The first-order chi connectivity index (χ1) is 22.3. The van der Waals surface area contributed by atoms with Crippen molar-refractivity contribution in [3.8, 4) is 17.4 Å². The molecule has 4 N–H and O–H groups in total. The first-order valence-corrected chi connectivity index (χ1v) is 16.8. The number of ether oxygens (including phenoxy) is 2. The van der Waals surface area contributed by atoms with Gasteiger partial charge in [-0.2, -0.15) is 4.98 Å². The molecule has 244 valence electrons. The Kier molecular flexibility index (Phi) is 9.52. The second kappa shape index (κ2) is 13.6. The Hall–Kier alpha value is -5.36. The summed E-state index contributed by atoms with van der Waals surface area (Å²) in [5.41, 5.74) is 2.62. The van der Waals surface area contributed by atoms with Crippen molar-refractivity contribution >= 4 is 49.8 Å². The quantitative estimate of drug-likeness (QED) is 0.119. The average molecular weight is 655 g/mol. The molecule has 0 spiro atoms. The van der Waals surface area contributed by atoms with Gasteiger partial charge in [-0.25, -0.2) is 18.2 Å². The number of hydrogen-bond donors (Lipinski definition) is 4. The van der Waals surface area contributed by atoms with Crippen LogP contribution in [0.15, 0.2) is 91.1 Å². The van der Waals surface area contributed by atoms with Gasteiger partial charge in [0.2, 0.25) is 21.9 Å². The van der Waals surface area contributed by atoms with Gasteiger partial charge in [-0.3, -0.25) is 4.72 Å². The van der Waals surface area contributed by atoms with Gasteiger partial charge in [-0.05, 0) is 47.7 Å². The smallest absolute Gasteiger partial charge is 0.323 e. The minimum atomic E-state index is -3.62. The van der Waals surface area contributed by atoms with Crippen LogP contribution in [0.5, 0.6) is 17.4 Å². The van der Waals surface area contributed by atoms with E-state index in [2.05, 4.69) is 30.6 Å². The number of carbonyl (C=O) groups is 1. The minimum Gasteiger partial charge on any atom is -0.492 e. The number of nitrogens with one attached hydrogen (secondary N) is 4. The summed E-state index contributed by atoms with van der Waals surface area (Å²) in [6, 6.07) is 25.6. The number of hydrogen-bond acceptors (Lipinski definition) is 8. The van der Waals surface area contributed by atoms with Gasteiger partial charge in [-0.1, -0.05) is 75.4 Å². The Bertz CT molecular complexity index is 2010. The normalized spacial score (nSPS) is 12.2. The van der Waals surface area contributed by atoms with Crippen LogP contribution in [-0.4, -0.2) is 37.8 Å². The Morgan fingerprint density at radius 3 is 2.19 bits per heavy atom. The molecular formula is C35H38N6O5S. The number of methoxy groups -OCH3 is 1. The molecule has 0 aliphatic heterocycles. The molecule has 1 heterocycles. The minimum absolute atomic E-state index is 0.0118. The van der Waals surface area contributed by atoms with E-state index in [4.69, 9.17) is 9.47 Å². The third-order valence-corrected chi connectivity index (χ3v) is 7.92. The summed E-state index contributed by atoms with van der Waals surface area (Å²) in [5, 5.41) is 10.5. The standard InChI is InChI=1S/C35H38N6O5S/c1-22(23-12-8-7-9-13-23)37-33-36-19-18-31(40-33)46-30-17-16-27(25-14-10-11-15-26(25)30)38-34(42)39-28-20-24(35(2,3)4)21-29(32(28)45-5)41-47(6,43)44/h7-22,41H,1-6H3,(H,36,37,40)(H2,38,39,42). The summed E-state index contributed by atoms with van der Waals surface area (Å²) in [6.45, 7) is 8.00. The molecule has 1 unspecified atom stereocenters. The van der Waals surface area contributed by atoms with Crippen LogP contribution in [0.4, 0.5) is 27.8 Å². The van der Waals surface area contributed by atoms with E-state index in [0.29, 0.717) is 29.0 Å². The zero-order chi connectivity index (χ0) is 33.8. The van der Waals surface area contributed by atoms with Gasteiger partial charge in [0, 0.05) is 23.0 Å². The Morgan fingerprint density at radius 1 is 0.851 bits per heavy atom. The predicted molar refractivity (Wildman–Crippen MR) is 187 cm³/mol. The molecule has 5 aromatic rings. The van der Waals surface area contributed by atoms with Crippen molar-refractivity contribution in [2.45, 2.75) is 39.2 Å². The van der Waals surface area contributed by atoms with Crippen molar-refractivity contribution in [3.05, 3.63) is 102 Å². The topological polar surface area (TPSA) is 144 Å². The second-order valence-corrected chi connectivity index (χ2v) is 13.8. The van der Waals surface area contributed by atoms with E-state index < -0.39 is 16.1 Å². The number of rotatable bonds is 10. The van der Waals surface area contributed by atoms with Crippen molar-refractivity contribution in [1.29, 1.82) is 0 Å². The maximum absolute atomic E-state index is 13.4. The fourth-order valence-corrected chi connectivity index (χ4v) is 5.55. The van der Waals surface area contributed by atoms with Gasteiger partial charge >= 0.3 is 6.03 Å². The predicted octanol–water partition coefficient (Wildman–Crippen LogP) is 7.92. The van der Waals surface area contributed by atoms with Crippen LogP contribution in [0.25, 0.3) is 10.8 Å². The molecule has 11 nitrogen and oxygen atoms in total. The highest BCUT2D eigenvalue weighted by Crippen LogP contribution is 2.40. The van der Waals surface area contributed by atoms with E-state index in [9.17, 15) is 13.2 Å². The van der Waals surface area contributed by atoms with Crippen LogP contribution in [0, 0.1) is 0 Å². The maximum Gasteiger partial charge on any atom is 0.323 e. The van der Waals surface area contributed by atoms with Crippen molar-refractivity contribution in [3.63, 3.8) is 0 Å². The number of carbonyl (C=O) groups excluding carboxylic acids is 1. The molecule has 0 saturated heterocycles. The van der Waals surface area contributed by atoms with Crippen molar-refractivity contribution in [1.82, 2.24) is 9.97 Å². The lowest BCUT2D eigenvalue weighted by atomic mass is 9.86. The van der Waals surface area contributed by atoms with Gasteiger partial charge in [0.05, 0.1) is 36.5 Å². The molecule has 0 radical (unpaired) electrons. The average Bonchev–Trinajstić information content (AvgIpc) is 3.01. The first kappa shape index (κ1) is 33.0. The SMILES string of the molecule is COc1c(NC(=O)Nc2ccc(Oc3ccnc(NC(C)c4ccccc4)n3)c3ccccc23)cc(C(C)(C)C)cc1NS(C)(=O)=O. The molecule has 12 heteroatoms. The second-order valence-electron chi connectivity index (χ2n) is 12.1. The summed E-state index contributed by atoms with van der Waals surface area (Å²) in [4.78, 5) is 22.3. The highest BCUT2D eigenvalue weighted by atomic mass is 32.2. The van der Waals surface area contributed by atoms with Gasteiger partial charge in [0.1, 0.15) is 5.75 Å². The monoisotopic (exact) mass is 654 g/mol. The fraction of sp³-hybridized carbons (Fsp3) is 0.229. The number of nitrogens with zero attached hydrogens (tertiary/aromatic N) is 2. The van der Waals surface area contributed by atoms with Crippen LogP contribution < -0.4 is 30.1 Å². The van der Waals surface area contributed by atoms with Crippen LogP contribution in [-0.2, 0) is 15.4 Å². The van der Waals surface area contributed by atoms with E-state index >= 15 is 0 Å². The van der Waals surface area contributed by atoms with Gasteiger partial charge in [-0.15, -0.1) is 0 Å². The first-order valence-electron chi connectivity index (χ1n) is 14.9. The highest BCUT2D eigenvalue weighted by molar-refractivity contribution is 7.92. The number of aromatic nitrogens is 2. The van der Waals surface area contributed by atoms with Crippen LogP contribution in [0.2, 0.25) is 0 Å². The van der Waals surface area contributed by atoms with Crippen molar-refractivity contribution in [2.75, 3.05) is 34.0 Å². The molecule has 0 saturated carbocycles. The van der Waals surface area contributed by atoms with Crippen LogP contribution in [0.1, 0.15) is 44.9 Å². The van der Waals surface area contributed by atoms with Crippen molar-refractivity contribution in [2.24, 2.45) is 0 Å². The van der Waals surface area contributed by atoms with Gasteiger partial charge < -0.3 is 25.4 Å². The zero-order valence-corrected chi connectivity index (χ0v) is 27.9. The van der Waals surface area contributed by atoms with E-state index in [1.807, 2.05) is 82.3 Å². The number of benzene rings is 4. The lowest BCUT2D eigenvalue weighted by Gasteiger charge is -2.24. The van der Waals surface area contributed by atoms with Crippen LogP contribution >= 0.6 is 0 Å². The molecular weight excluding hydrogens is 616 g/mol. The van der Waals surface area contributed by atoms with Crippen molar-refractivity contribution < 1.29 is 22.7 Å². The molecule has 4 aromatic carbocycles.